The van der Waals surface area contributed by atoms with E-state index in [2.05, 4.69) is 18.9 Å². The Labute approximate surface area is 208 Å². The second-order valence-electron chi connectivity index (χ2n) is 8.94. The summed E-state index contributed by atoms with van der Waals surface area (Å²) in [6.45, 7) is 6.31. The third-order valence-electron chi connectivity index (χ3n) is 6.37. The summed E-state index contributed by atoms with van der Waals surface area (Å²) < 4.78 is 1.30. The van der Waals surface area contributed by atoms with E-state index in [0.29, 0.717) is 43.1 Å². The Bertz CT molecular complexity index is 1440. The minimum absolute atomic E-state index is 0.00568. The molecule has 0 spiro atoms. The van der Waals surface area contributed by atoms with Crippen molar-refractivity contribution < 1.29 is 4.79 Å². The third kappa shape index (κ3) is 4.39. The van der Waals surface area contributed by atoms with Crippen molar-refractivity contribution >= 4 is 34.1 Å². The smallest absolute Gasteiger partial charge is 0.292 e. The molecular formula is C27H26ClN5O2. The molecule has 1 aliphatic heterocycles. The largest absolute Gasteiger partial charge is 0.365 e. The number of fused-ring (bicyclic) bond motifs is 1. The van der Waals surface area contributed by atoms with Gasteiger partial charge in [0.2, 0.25) is 0 Å². The molecule has 0 bridgehead atoms. The van der Waals surface area contributed by atoms with Gasteiger partial charge in [-0.15, -0.1) is 0 Å². The highest BCUT2D eigenvalue weighted by atomic mass is 35.5. The molecule has 2 aromatic carbocycles. The Kier molecular flexibility index (Phi) is 6.26. The molecule has 3 heterocycles. The zero-order valence-corrected chi connectivity index (χ0v) is 20.4. The highest BCUT2D eigenvalue weighted by Crippen LogP contribution is 2.26. The first-order valence-electron chi connectivity index (χ1n) is 11.7. The van der Waals surface area contributed by atoms with Crippen LogP contribution in [0.2, 0.25) is 5.02 Å². The van der Waals surface area contributed by atoms with Crippen LogP contribution in [0.5, 0.6) is 0 Å². The van der Waals surface area contributed by atoms with E-state index < -0.39 is 0 Å². The number of anilines is 1. The summed E-state index contributed by atoms with van der Waals surface area (Å²) in [6.07, 6.45) is 1.62. The van der Waals surface area contributed by atoms with Crippen molar-refractivity contribution in [1.82, 2.24) is 19.7 Å². The number of amides is 1. The maximum absolute atomic E-state index is 13.5. The summed E-state index contributed by atoms with van der Waals surface area (Å²) in [7, 11) is 0. The Morgan fingerprint density at radius 3 is 2.37 bits per heavy atom. The predicted octanol–water partition coefficient (Wildman–Crippen LogP) is 4.52. The van der Waals surface area contributed by atoms with Crippen LogP contribution in [0.1, 0.15) is 35.8 Å². The van der Waals surface area contributed by atoms with E-state index in [9.17, 15) is 9.59 Å². The fourth-order valence-electron chi connectivity index (χ4n) is 4.39. The topological polar surface area (TPSA) is 71.3 Å². The summed E-state index contributed by atoms with van der Waals surface area (Å²) in [5.74, 6) is 0.213. The van der Waals surface area contributed by atoms with Crippen molar-refractivity contribution in [3.63, 3.8) is 0 Å². The maximum Gasteiger partial charge on any atom is 0.292 e. The summed E-state index contributed by atoms with van der Waals surface area (Å²) in [5.41, 5.74) is 3.30. The van der Waals surface area contributed by atoms with Crippen LogP contribution in [-0.2, 0) is 0 Å². The first-order valence-corrected chi connectivity index (χ1v) is 12.1. The van der Waals surface area contributed by atoms with Crippen LogP contribution >= 0.6 is 11.6 Å². The number of hydrogen-bond donors (Lipinski definition) is 0. The maximum atomic E-state index is 13.5. The molecule has 0 N–H and O–H groups in total. The van der Waals surface area contributed by atoms with Gasteiger partial charge in [0.15, 0.2) is 0 Å². The Morgan fingerprint density at radius 1 is 0.971 bits per heavy atom. The zero-order valence-electron chi connectivity index (χ0n) is 19.7. The normalized spacial score (nSPS) is 14.1. The molecule has 4 aromatic rings. The van der Waals surface area contributed by atoms with Gasteiger partial charge in [0.05, 0.1) is 28.7 Å². The van der Waals surface area contributed by atoms with E-state index in [1.165, 1.54) is 4.68 Å². The lowest BCUT2D eigenvalue weighted by Gasteiger charge is -2.36. The number of para-hydroxylation sites is 2. The van der Waals surface area contributed by atoms with E-state index in [1.807, 2.05) is 70.5 Å². The van der Waals surface area contributed by atoms with Crippen molar-refractivity contribution in [2.45, 2.75) is 19.8 Å². The van der Waals surface area contributed by atoms with Gasteiger partial charge in [-0.3, -0.25) is 14.6 Å². The van der Waals surface area contributed by atoms with E-state index in [-0.39, 0.29) is 22.4 Å². The Balaban J connectivity index is 1.37. The molecule has 1 amide bonds. The molecule has 5 rings (SSSR count). The number of aromatic nitrogens is 3. The summed E-state index contributed by atoms with van der Waals surface area (Å²) in [5, 5.41) is 5.33. The number of halogens is 1. The van der Waals surface area contributed by atoms with E-state index in [0.717, 1.165) is 16.6 Å². The molecule has 0 radical (unpaired) electrons. The number of piperazine rings is 1. The number of hydrogen-bond acceptors (Lipinski definition) is 5. The van der Waals surface area contributed by atoms with Crippen LogP contribution in [-0.4, -0.2) is 51.8 Å². The van der Waals surface area contributed by atoms with Gasteiger partial charge >= 0.3 is 0 Å². The van der Waals surface area contributed by atoms with E-state index >= 15 is 0 Å². The number of carbonyl (C=O) groups excluding carboxylic acids is 1. The van der Waals surface area contributed by atoms with Crippen LogP contribution < -0.4 is 10.5 Å². The van der Waals surface area contributed by atoms with Crippen molar-refractivity contribution in [3.05, 3.63) is 93.5 Å². The molecule has 35 heavy (non-hydrogen) atoms. The second-order valence-corrected chi connectivity index (χ2v) is 9.32. The van der Waals surface area contributed by atoms with E-state index in [4.69, 9.17) is 16.6 Å². The minimum atomic E-state index is -0.363. The third-order valence-corrected chi connectivity index (χ3v) is 6.72. The summed E-state index contributed by atoms with van der Waals surface area (Å²) in [6, 6.07) is 18.9. The van der Waals surface area contributed by atoms with Gasteiger partial charge < -0.3 is 9.80 Å². The number of carbonyl (C=O) groups is 1. The molecule has 2 aromatic heterocycles. The van der Waals surface area contributed by atoms with Gasteiger partial charge in [0.25, 0.3) is 11.5 Å². The number of pyridine rings is 1. The van der Waals surface area contributed by atoms with Crippen molar-refractivity contribution in [1.29, 1.82) is 0 Å². The SMILES string of the molecule is CC(C)c1cc(C(=O)N2CCN(c3cnn(-c4ccccc4)c(=O)c3Cl)CC2)c2ccccc2n1. The molecule has 0 aliphatic carbocycles. The average Bonchev–Trinajstić information content (AvgIpc) is 2.89. The van der Waals surface area contributed by atoms with Gasteiger partial charge in [-0.25, -0.2) is 0 Å². The zero-order chi connectivity index (χ0) is 24.5. The molecule has 0 unspecified atom stereocenters. The first-order chi connectivity index (χ1) is 16.9. The van der Waals surface area contributed by atoms with Gasteiger partial charge in [-0.1, -0.05) is 61.8 Å². The quantitative estimate of drug-likeness (QED) is 0.423. The molecule has 1 fully saturated rings. The van der Waals surface area contributed by atoms with Crippen LogP contribution in [0.4, 0.5) is 5.69 Å². The molecular weight excluding hydrogens is 462 g/mol. The van der Waals surface area contributed by atoms with Gasteiger partial charge in [0, 0.05) is 37.3 Å². The van der Waals surface area contributed by atoms with Gasteiger partial charge in [-0.05, 0) is 30.2 Å². The second kappa shape index (κ2) is 9.50. The summed E-state index contributed by atoms with van der Waals surface area (Å²) >= 11 is 6.49. The fraction of sp³-hybridized carbons (Fsp3) is 0.259. The number of nitrogens with zero attached hydrogens (tertiary/aromatic N) is 5. The minimum Gasteiger partial charge on any atom is -0.365 e. The average molecular weight is 488 g/mol. The molecule has 178 valence electrons. The highest BCUT2D eigenvalue weighted by Gasteiger charge is 2.26. The van der Waals surface area contributed by atoms with Crippen LogP contribution in [0.3, 0.4) is 0 Å². The first kappa shape index (κ1) is 23.1. The van der Waals surface area contributed by atoms with Gasteiger partial charge in [-0.2, -0.15) is 9.78 Å². The van der Waals surface area contributed by atoms with E-state index in [1.54, 1.807) is 6.20 Å². The lowest BCUT2D eigenvalue weighted by molar-refractivity contribution is 0.0748. The lowest BCUT2D eigenvalue weighted by Crippen LogP contribution is -2.49. The van der Waals surface area contributed by atoms with Crippen molar-refractivity contribution in [2.75, 3.05) is 31.1 Å². The van der Waals surface area contributed by atoms with Crippen LogP contribution in [0.25, 0.3) is 16.6 Å². The summed E-state index contributed by atoms with van der Waals surface area (Å²) in [4.78, 5) is 35.0. The molecule has 1 aliphatic rings. The molecule has 7 nitrogen and oxygen atoms in total. The van der Waals surface area contributed by atoms with Crippen LogP contribution in [0, 0.1) is 0 Å². The monoisotopic (exact) mass is 487 g/mol. The molecule has 0 atom stereocenters. The number of rotatable bonds is 4. The fourth-order valence-corrected chi connectivity index (χ4v) is 4.64. The molecule has 0 saturated carbocycles. The van der Waals surface area contributed by atoms with Gasteiger partial charge in [0.1, 0.15) is 5.02 Å². The molecule has 8 heteroatoms. The van der Waals surface area contributed by atoms with Crippen molar-refractivity contribution in [2.24, 2.45) is 0 Å². The Hall–Kier alpha value is -3.71. The lowest BCUT2D eigenvalue weighted by atomic mass is 10.0. The number of benzene rings is 2. The van der Waals surface area contributed by atoms with Crippen LogP contribution in [0.15, 0.2) is 71.7 Å². The highest BCUT2D eigenvalue weighted by molar-refractivity contribution is 6.33. The Morgan fingerprint density at radius 2 is 1.66 bits per heavy atom. The standard InChI is InChI=1S/C27H26ClN5O2/c1-18(2)23-16-21(20-10-6-7-11-22(20)30-23)26(34)32-14-12-31(13-15-32)24-17-29-33(27(35)25(24)28)19-8-4-3-5-9-19/h3-11,16-18H,12-15H2,1-2H3. The molecule has 1 saturated heterocycles. The predicted molar refractivity (Wildman–Crippen MR) is 139 cm³/mol. The van der Waals surface area contributed by atoms with Crippen molar-refractivity contribution in [3.8, 4) is 5.69 Å².